The number of halogens is 1. The van der Waals surface area contributed by atoms with Gasteiger partial charge in [-0.1, -0.05) is 0 Å². The molecule has 2 N–H and O–H groups in total. The van der Waals surface area contributed by atoms with E-state index in [4.69, 9.17) is 0 Å². The van der Waals surface area contributed by atoms with Gasteiger partial charge in [0.15, 0.2) is 0 Å². The van der Waals surface area contributed by atoms with Crippen LogP contribution in [0.4, 0.5) is 0 Å². The van der Waals surface area contributed by atoms with Crippen LogP contribution in [-0.2, 0) is 11.2 Å². The van der Waals surface area contributed by atoms with E-state index in [-0.39, 0.29) is 11.8 Å². The average Bonchev–Trinajstić information content (AvgIpc) is 3.13. The first-order valence-corrected chi connectivity index (χ1v) is 7.22. The third kappa shape index (κ3) is 2.50. The van der Waals surface area contributed by atoms with Crippen LogP contribution in [0.15, 0.2) is 18.3 Å². The van der Waals surface area contributed by atoms with Gasteiger partial charge in [0.25, 0.3) is 0 Å². The number of nitrogens with zero attached hydrogens (tertiary/aromatic N) is 1. The normalized spacial score (nSPS) is 14.9. The molecule has 0 saturated heterocycles. The monoisotopic (exact) mass is 355 g/mol. The molecule has 0 radical (unpaired) electrons. The number of fused-ring (bicyclic) bond motifs is 1. The second kappa shape index (κ2) is 4.87. The molecule has 0 unspecified atom stereocenters. The number of carbonyl (C=O) groups is 1. The second-order valence-electron chi connectivity index (χ2n) is 4.66. The molecule has 1 aliphatic rings. The lowest BCUT2D eigenvalue weighted by Crippen LogP contribution is -2.26. The Morgan fingerprint density at radius 3 is 3.11 bits per heavy atom. The maximum atomic E-state index is 11.5. The van der Waals surface area contributed by atoms with E-state index in [1.807, 2.05) is 18.3 Å². The largest absolute Gasteiger partial charge is 0.360 e. The Morgan fingerprint density at radius 2 is 2.33 bits per heavy atom. The summed E-state index contributed by atoms with van der Waals surface area (Å²) >= 11 is 2.21. The van der Waals surface area contributed by atoms with E-state index in [0.717, 1.165) is 34.0 Å². The molecule has 1 fully saturated rings. The first-order chi connectivity index (χ1) is 8.74. The van der Waals surface area contributed by atoms with Gasteiger partial charge in [-0.25, -0.2) is 4.98 Å². The van der Waals surface area contributed by atoms with Gasteiger partial charge in [-0.15, -0.1) is 0 Å². The van der Waals surface area contributed by atoms with Crippen LogP contribution in [0, 0.1) is 9.62 Å². The van der Waals surface area contributed by atoms with E-state index in [1.54, 1.807) is 0 Å². The molecular weight excluding hydrogens is 341 g/mol. The highest BCUT2D eigenvalue weighted by molar-refractivity contribution is 14.1. The zero-order valence-corrected chi connectivity index (χ0v) is 12.0. The molecular formula is C13H14IN3O. The highest BCUT2D eigenvalue weighted by Gasteiger charge is 2.29. The maximum absolute atomic E-state index is 11.5. The van der Waals surface area contributed by atoms with Crippen LogP contribution in [0.2, 0.25) is 0 Å². The van der Waals surface area contributed by atoms with Crippen molar-refractivity contribution < 1.29 is 4.79 Å². The molecule has 1 aliphatic carbocycles. The van der Waals surface area contributed by atoms with Crippen molar-refractivity contribution in [3.8, 4) is 0 Å². The Hall–Kier alpha value is -1.11. The molecule has 0 aromatic carbocycles. The van der Waals surface area contributed by atoms with Crippen molar-refractivity contribution in [3.63, 3.8) is 0 Å². The van der Waals surface area contributed by atoms with E-state index in [1.165, 1.54) is 5.56 Å². The molecule has 3 rings (SSSR count). The van der Waals surface area contributed by atoms with Gasteiger partial charge in [0.2, 0.25) is 5.91 Å². The van der Waals surface area contributed by atoms with E-state index in [2.05, 4.69) is 37.9 Å². The number of carbonyl (C=O) groups excluding carboxylic acids is 1. The lowest BCUT2D eigenvalue weighted by molar-refractivity contribution is -0.122. The lowest BCUT2D eigenvalue weighted by Gasteiger charge is -2.03. The van der Waals surface area contributed by atoms with Gasteiger partial charge in [-0.05, 0) is 59.5 Å². The van der Waals surface area contributed by atoms with Crippen LogP contribution in [0.5, 0.6) is 0 Å². The fourth-order valence-corrected chi connectivity index (χ4v) is 2.45. The highest BCUT2D eigenvalue weighted by Crippen LogP contribution is 2.28. The Kier molecular flexibility index (Phi) is 3.23. The number of aromatic nitrogens is 2. The molecule has 94 valence electrons. The van der Waals surface area contributed by atoms with Crippen molar-refractivity contribution in [2.75, 3.05) is 6.54 Å². The van der Waals surface area contributed by atoms with Gasteiger partial charge in [0.1, 0.15) is 3.70 Å². The van der Waals surface area contributed by atoms with Crippen LogP contribution in [0.3, 0.4) is 0 Å². The van der Waals surface area contributed by atoms with E-state index < -0.39 is 0 Å². The Bertz CT molecular complexity index is 589. The minimum Gasteiger partial charge on any atom is -0.360 e. The smallest absolute Gasteiger partial charge is 0.223 e. The van der Waals surface area contributed by atoms with Crippen LogP contribution < -0.4 is 5.32 Å². The molecule has 4 nitrogen and oxygen atoms in total. The zero-order chi connectivity index (χ0) is 12.5. The summed E-state index contributed by atoms with van der Waals surface area (Å²) in [5.74, 6) is 0.490. The fourth-order valence-electron chi connectivity index (χ4n) is 2.03. The van der Waals surface area contributed by atoms with Gasteiger partial charge in [-0.2, -0.15) is 0 Å². The SMILES string of the molecule is O=C(NCCc1c[nH]c2ccc(I)nc12)C1CC1. The summed E-state index contributed by atoms with van der Waals surface area (Å²) in [6, 6.07) is 4.02. The van der Waals surface area contributed by atoms with Crippen molar-refractivity contribution in [2.45, 2.75) is 19.3 Å². The number of hydrogen-bond acceptors (Lipinski definition) is 2. The number of aromatic amines is 1. The minimum atomic E-state index is 0.206. The van der Waals surface area contributed by atoms with Gasteiger partial charge in [0, 0.05) is 18.7 Å². The van der Waals surface area contributed by atoms with Gasteiger partial charge < -0.3 is 10.3 Å². The molecule has 2 aromatic rings. The summed E-state index contributed by atoms with van der Waals surface area (Å²) in [6.45, 7) is 0.690. The minimum absolute atomic E-state index is 0.206. The molecule has 0 bridgehead atoms. The van der Waals surface area contributed by atoms with Crippen molar-refractivity contribution in [3.05, 3.63) is 27.6 Å². The van der Waals surface area contributed by atoms with Crippen molar-refractivity contribution in [1.29, 1.82) is 0 Å². The summed E-state index contributed by atoms with van der Waals surface area (Å²) in [6.07, 6.45) is 4.92. The first kappa shape index (κ1) is 12.0. The Labute approximate surface area is 119 Å². The fraction of sp³-hybridized carbons (Fsp3) is 0.385. The summed E-state index contributed by atoms with van der Waals surface area (Å²) in [5, 5.41) is 2.98. The van der Waals surface area contributed by atoms with E-state index in [0.29, 0.717) is 6.54 Å². The standard InChI is InChI=1S/C13H14IN3O/c14-11-4-3-10-12(17-11)9(7-16-10)5-6-15-13(18)8-1-2-8/h3-4,7-8,16H,1-2,5-6H2,(H,15,18). The number of H-pyrrole nitrogens is 1. The second-order valence-corrected chi connectivity index (χ2v) is 5.76. The van der Waals surface area contributed by atoms with Gasteiger partial charge in [0.05, 0.1) is 11.0 Å². The average molecular weight is 355 g/mol. The molecule has 1 saturated carbocycles. The molecule has 2 aromatic heterocycles. The van der Waals surface area contributed by atoms with Crippen LogP contribution in [0.25, 0.3) is 11.0 Å². The van der Waals surface area contributed by atoms with Crippen molar-refractivity contribution >= 4 is 39.5 Å². The number of hydrogen-bond donors (Lipinski definition) is 2. The summed E-state index contributed by atoms with van der Waals surface area (Å²) in [5.41, 5.74) is 3.24. The third-order valence-electron chi connectivity index (χ3n) is 3.21. The van der Waals surface area contributed by atoms with Crippen LogP contribution in [-0.4, -0.2) is 22.4 Å². The number of nitrogens with one attached hydrogen (secondary N) is 2. The summed E-state index contributed by atoms with van der Waals surface area (Å²) < 4.78 is 0.989. The summed E-state index contributed by atoms with van der Waals surface area (Å²) in [7, 11) is 0. The lowest BCUT2D eigenvalue weighted by atomic mass is 10.2. The van der Waals surface area contributed by atoms with E-state index >= 15 is 0 Å². The topological polar surface area (TPSA) is 57.8 Å². The Balaban J connectivity index is 1.66. The van der Waals surface area contributed by atoms with Crippen molar-refractivity contribution in [1.82, 2.24) is 15.3 Å². The number of rotatable bonds is 4. The van der Waals surface area contributed by atoms with Gasteiger partial charge in [-0.3, -0.25) is 4.79 Å². The molecule has 1 amide bonds. The molecule has 0 aliphatic heterocycles. The van der Waals surface area contributed by atoms with Crippen LogP contribution >= 0.6 is 22.6 Å². The maximum Gasteiger partial charge on any atom is 0.223 e. The predicted molar refractivity (Wildman–Crippen MR) is 78.2 cm³/mol. The number of amides is 1. The summed E-state index contributed by atoms with van der Waals surface area (Å²) in [4.78, 5) is 19.2. The molecule has 0 spiro atoms. The van der Waals surface area contributed by atoms with Crippen LogP contribution in [0.1, 0.15) is 18.4 Å². The van der Waals surface area contributed by atoms with Crippen molar-refractivity contribution in [2.24, 2.45) is 5.92 Å². The number of pyridine rings is 1. The molecule has 0 atom stereocenters. The Morgan fingerprint density at radius 1 is 1.50 bits per heavy atom. The molecule has 18 heavy (non-hydrogen) atoms. The third-order valence-corrected chi connectivity index (χ3v) is 3.81. The van der Waals surface area contributed by atoms with E-state index in [9.17, 15) is 4.79 Å². The molecule has 5 heteroatoms. The molecule has 2 heterocycles. The quantitative estimate of drug-likeness (QED) is 0.653. The predicted octanol–water partition coefficient (Wildman–Crippen LogP) is 2.24. The van der Waals surface area contributed by atoms with Gasteiger partial charge >= 0.3 is 0 Å². The zero-order valence-electron chi connectivity index (χ0n) is 9.87. The highest BCUT2D eigenvalue weighted by atomic mass is 127. The first-order valence-electron chi connectivity index (χ1n) is 6.14.